The topological polar surface area (TPSA) is 32.3 Å². The van der Waals surface area contributed by atoms with Crippen molar-refractivity contribution in [3.63, 3.8) is 0 Å². The summed E-state index contributed by atoms with van der Waals surface area (Å²) in [5.74, 6) is 0.395. The van der Waals surface area contributed by atoms with Crippen LogP contribution in [0.1, 0.15) is 69.7 Å². The molecule has 140 valence electrons. The van der Waals surface area contributed by atoms with E-state index in [-0.39, 0.29) is 23.9 Å². The molecule has 2 aromatic carbocycles. The van der Waals surface area contributed by atoms with Gasteiger partial charge in [0, 0.05) is 23.9 Å². The van der Waals surface area contributed by atoms with Crippen LogP contribution in [0.3, 0.4) is 0 Å². The summed E-state index contributed by atoms with van der Waals surface area (Å²) < 4.78 is 0. The first kappa shape index (κ1) is 19.1. The molecule has 0 saturated carbocycles. The highest BCUT2D eigenvalue weighted by Crippen LogP contribution is 2.50. The van der Waals surface area contributed by atoms with Crippen LogP contribution in [0, 0.1) is 11.8 Å². The van der Waals surface area contributed by atoms with Gasteiger partial charge in [-0.05, 0) is 24.0 Å². The van der Waals surface area contributed by atoms with Crippen LogP contribution >= 0.6 is 0 Å². The highest BCUT2D eigenvalue weighted by atomic mass is 16.3. The molecule has 0 radical (unpaired) electrons. The number of rotatable bonds is 6. The van der Waals surface area contributed by atoms with Crippen molar-refractivity contribution < 1.29 is 5.11 Å². The van der Waals surface area contributed by atoms with E-state index in [1.807, 2.05) is 0 Å². The first-order valence-electron chi connectivity index (χ1n) is 10.2. The van der Waals surface area contributed by atoms with E-state index in [0.717, 1.165) is 25.7 Å². The molecular weight excluding hydrogens is 318 g/mol. The number of benzene rings is 2. The Morgan fingerprint density at radius 3 is 1.88 bits per heavy atom. The van der Waals surface area contributed by atoms with Crippen LogP contribution in [0.2, 0.25) is 0 Å². The van der Waals surface area contributed by atoms with E-state index in [4.69, 9.17) is 0 Å². The quantitative estimate of drug-likeness (QED) is 0.704. The molecule has 0 unspecified atom stereocenters. The van der Waals surface area contributed by atoms with E-state index in [2.05, 4.69) is 86.8 Å². The predicted octanol–water partition coefficient (Wildman–Crippen LogP) is 5.66. The smallest absolute Gasteiger partial charge is 0.0737 e. The molecule has 3 rings (SSSR count). The van der Waals surface area contributed by atoms with Gasteiger partial charge in [-0.1, -0.05) is 94.3 Å². The molecule has 2 nitrogen and oxygen atoms in total. The van der Waals surface area contributed by atoms with Crippen molar-refractivity contribution >= 4 is 0 Å². The maximum atomic E-state index is 12.0. The molecule has 0 spiro atoms. The lowest BCUT2D eigenvalue weighted by Crippen LogP contribution is -2.58. The fourth-order valence-electron chi connectivity index (χ4n) is 4.94. The lowest BCUT2D eigenvalue weighted by molar-refractivity contribution is -0.125. The largest absolute Gasteiger partial charge is 0.389 e. The molecule has 0 aromatic heterocycles. The molecular formula is C24H33NO. The summed E-state index contributed by atoms with van der Waals surface area (Å²) in [6.07, 6.45) is 3.98. The summed E-state index contributed by atoms with van der Waals surface area (Å²) in [6.45, 7) is 6.64. The van der Waals surface area contributed by atoms with Gasteiger partial charge in [-0.3, -0.25) is 0 Å². The Kier molecular flexibility index (Phi) is 6.16. The highest BCUT2D eigenvalue weighted by molar-refractivity contribution is 5.28. The molecule has 1 aliphatic heterocycles. The maximum absolute atomic E-state index is 12.0. The van der Waals surface area contributed by atoms with Crippen LogP contribution in [0.15, 0.2) is 60.7 Å². The molecule has 0 bridgehead atoms. The molecule has 1 fully saturated rings. The number of aliphatic hydroxyl groups is 1. The molecule has 2 heteroatoms. The summed E-state index contributed by atoms with van der Waals surface area (Å²) in [5, 5.41) is 15.9. The summed E-state index contributed by atoms with van der Waals surface area (Å²) in [4.78, 5) is 0. The van der Waals surface area contributed by atoms with Crippen molar-refractivity contribution in [2.45, 2.75) is 64.1 Å². The molecule has 1 heterocycles. The second-order valence-corrected chi connectivity index (χ2v) is 7.87. The van der Waals surface area contributed by atoms with Gasteiger partial charge in [0.05, 0.1) is 5.60 Å². The number of hydrogen-bond acceptors (Lipinski definition) is 2. The third kappa shape index (κ3) is 3.58. The van der Waals surface area contributed by atoms with Crippen molar-refractivity contribution in [1.29, 1.82) is 0 Å². The minimum atomic E-state index is -0.656. The Bertz CT molecular complexity index is 671. The van der Waals surface area contributed by atoms with Gasteiger partial charge in [-0.15, -0.1) is 0 Å². The number of piperidine rings is 1. The van der Waals surface area contributed by atoms with Crippen LogP contribution in [0.4, 0.5) is 0 Å². The normalized spacial score (nSPS) is 31.7. The van der Waals surface area contributed by atoms with Crippen LogP contribution in [-0.2, 0) is 0 Å². The lowest BCUT2D eigenvalue weighted by Gasteiger charge is -2.53. The maximum Gasteiger partial charge on any atom is 0.0737 e. The van der Waals surface area contributed by atoms with Crippen molar-refractivity contribution in [1.82, 2.24) is 5.32 Å². The zero-order valence-corrected chi connectivity index (χ0v) is 16.4. The molecule has 2 N–H and O–H groups in total. The Hall–Kier alpha value is -1.64. The first-order valence-corrected chi connectivity index (χ1v) is 10.2. The molecule has 0 amide bonds. The molecule has 5 atom stereocenters. The summed E-state index contributed by atoms with van der Waals surface area (Å²) >= 11 is 0. The van der Waals surface area contributed by atoms with Crippen LogP contribution < -0.4 is 5.32 Å². The third-order valence-corrected chi connectivity index (χ3v) is 6.26. The number of nitrogens with one attached hydrogen (secondary N) is 1. The van der Waals surface area contributed by atoms with Gasteiger partial charge >= 0.3 is 0 Å². The van der Waals surface area contributed by atoms with Crippen LogP contribution in [0.25, 0.3) is 0 Å². The zero-order valence-electron chi connectivity index (χ0n) is 16.4. The summed E-state index contributed by atoms with van der Waals surface area (Å²) in [6, 6.07) is 21.6. The molecule has 1 aliphatic rings. The van der Waals surface area contributed by atoms with Gasteiger partial charge < -0.3 is 10.4 Å². The van der Waals surface area contributed by atoms with Crippen LogP contribution in [-0.4, -0.2) is 10.7 Å². The lowest BCUT2D eigenvalue weighted by atomic mass is 9.62. The van der Waals surface area contributed by atoms with E-state index >= 15 is 0 Å². The van der Waals surface area contributed by atoms with Crippen LogP contribution in [0.5, 0.6) is 0 Å². The average Bonchev–Trinajstić information content (AvgIpc) is 2.68. The van der Waals surface area contributed by atoms with Crippen molar-refractivity contribution in [2.24, 2.45) is 11.8 Å². The minimum Gasteiger partial charge on any atom is -0.389 e. The Balaban J connectivity index is 2.06. The predicted molar refractivity (Wildman–Crippen MR) is 109 cm³/mol. The van der Waals surface area contributed by atoms with Gasteiger partial charge in [0.1, 0.15) is 0 Å². The van der Waals surface area contributed by atoms with E-state index < -0.39 is 5.60 Å². The van der Waals surface area contributed by atoms with Gasteiger partial charge in [0.25, 0.3) is 0 Å². The fraction of sp³-hybridized carbons (Fsp3) is 0.500. The fourth-order valence-corrected chi connectivity index (χ4v) is 4.94. The van der Waals surface area contributed by atoms with Crippen molar-refractivity contribution in [3.05, 3.63) is 71.8 Å². The monoisotopic (exact) mass is 351 g/mol. The summed E-state index contributed by atoms with van der Waals surface area (Å²) in [7, 11) is 0. The third-order valence-electron chi connectivity index (χ3n) is 6.26. The molecule has 26 heavy (non-hydrogen) atoms. The molecule has 1 saturated heterocycles. The Morgan fingerprint density at radius 1 is 0.846 bits per heavy atom. The zero-order chi connectivity index (χ0) is 18.6. The van der Waals surface area contributed by atoms with Gasteiger partial charge in [-0.25, -0.2) is 0 Å². The highest BCUT2D eigenvalue weighted by Gasteiger charge is 2.51. The van der Waals surface area contributed by atoms with Gasteiger partial charge in [-0.2, -0.15) is 0 Å². The van der Waals surface area contributed by atoms with Crippen molar-refractivity contribution in [3.8, 4) is 0 Å². The second kappa shape index (κ2) is 8.37. The Morgan fingerprint density at radius 2 is 1.38 bits per heavy atom. The minimum absolute atomic E-state index is 0.158. The van der Waals surface area contributed by atoms with E-state index in [0.29, 0.717) is 0 Å². The molecule has 2 aromatic rings. The van der Waals surface area contributed by atoms with E-state index in [9.17, 15) is 5.11 Å². The SMILES string of the molecule is CCC[C@@H]1[C@H](c2ccccc2)N[C@H](c2ccccc2)[C@H](C)[C@]1(O)CCC. The first-order chi connectivity index (χ1) is 12.6. The van der Waals surface area contributed by atoms with E-state index in [1.165, 1.54) is 11.1 Å². The summed E-state index contributed by atoms with van der Waals surface area (Å²) in [5.41, 5.74) is 1.90. The molecule has 0 aliphatic carbocycles. The van der Waals surface area contributed by atoms with Gasteiger partial charge in [0.2, 0.25) is 0 Å². The van der Waals surface area contributed by atoms with Crippen molar-refractivity contribution in [2.75, 3.05) is 0 Å². The van der Waals surface area contributed by atoms with Gasteiger partial charge in [0.15, 0.2) is 0 Å². The standard InChI is InChI=1S/C24H33NO/c1-4-12-21-23(20-15-10-7-11-16-20)25-22(19-13-8-6-9-14-19)18(3)24(21,26)17-5-2/h6-11,13-16,18,21-23,25-26H,4-5,12,17H2,1-3H3/t18-,21+,22-,23-,24+/m0/s1. The second-order valence-electron chi connectivity index (χ2n) is 7.87. The van der Waals surface area contributed by atoms with E-state index in [1.54, 1.807) is 0 Å². The Labute approximate surface area is 158 Å². The number of hydrogen-bond donors (Lipinski definition) is 2. The average molecular weight is 352 g/mol.